The fraction of sp³-hybridized carbons (Fsp3) is 0.286. The number of amides is 1. The number of imidazole rings is 1. The van der Waals surface area contributed by atoms with Crippen LogP contribution in [0, 0.1) is 0 Å². The van der Waals surface area contributed by atoms with E-state index in [9.17, 15) is 4.79 Å². The van der Waals surface area contributed by atoms with Crippen molar-refractivity contribution in [3.63, 3.8) is 0 Å². The van der Waals surface area contributed by atoms with E-state index in [1.807, 2.05) is 28.8 Å². The van der Waals surface area contributed by atoms with E-state index in [4.69, 9.17) is 16.7 Å². The third kappa shape index (κ3) is 3.59. The molecule has 2 rings (SSSR count). The molecule has 1 amide bonds. The van der Waals surface area contributed by atoms with Gasteiger partial charge in [-0.3, -0.25) is 9.20 Å². The van der Waals surface area contributed by atoms with Crippen LogP contribution >= 0.6 is 11.6 Å². The summed E-state index contributed by atoms with van der Waals surface area (Å²) in [5.41, 5.74) is 1.39. The highest BCUT2D eigenvalue weighted by molar-refractivity contribution is 6.31. The Morgan fingerprint density at radius 3 is 3.15 bits per heavy atom. The molecular formula is C14H16ClN3O2. The number of carbonyl (C=O) groups excluding carboxylic acids is 1. The van der Waals surface area contributed by atoms with Gasteiger partial charge in [-0.25, -0.2) is 4.98 Å². The molecule has 0 fully saturated rings. The number of hydrogen-bond donors (Lipinski definition) is 2. The van der Waals surface area contributed by atoms with Gasteiger partial charge < -0.3 is 10.4 Å². The Hall–Kier alpha value is -1.85. The van der Waals surface area contributed by atoms with Crippen LogP contribution in [-0.2, 0) is 4.79 Å². The monoisotopic (exact) mass is 293 g/mol. The lowest BCUT2D eigenvalue weighted by Gasteiger charge is -2.04. The minimum atomic E-state index is -0.424. The van der Waals surface area contributed by atoms with Crippen molar-refractivity contribution in [1.29, 1.82) is 0 Å². The van der Waals surface area contributed by atoms with Crippen LogP contribution in [0.4, 0.5) is 0 Å². The van der Waals surface area contributed by atoms with Crippen molar-refractivity contribution in [2.45, 2.75) is 19.4 Å². The number of hydrogen-bond acceptors (Lipinski definition) is 3. The lowest BCUT2D eigenvalue weighted by atomic mass is 10.3. The Morgan fingerprint density at radius 1 is 1.60 bits per heavy atom. The maximum atomic E-state index is 11.6. The second kappa shape index (κ2) is 6.54. The first-order valence-electron chi connectivity index (χ1n) is 6.34. The predicted molar refractivity (Wildman–Crippen MR) is 78.5 cm³/mol. The van der Waals surface area contributed by atoms with Gasteiger partial charge in [-0.15, -0.1) is 0 Å². The highest BCUT2D eigenvalue weighted by atomic mass is 35.5. The summed E-state index contributed by atoms with van der Waals surface area (Å²) < 4.78 is 1.81. The van der Waals surface area contributed by atoms with Crippen molar-refractivity contribution in [3.05, 3.63) is 41.3 Å². The third-order valence-corrected chi connectivity index (χ3v) is 3.05. The molecule has 2 aromatic rings. The fourth-order valence-electron chi connectivity index (χ4n) is 1.75. The summed E-state index contributed by atoms with van der Waals surface area (Å²) >= 11 is 6.05. The lowest BCUT2D eigenvalue weighted by Crippen LogP contribution is -2.24. The van der Waals surface area contributed by atoms with E-state index in [0.29, 0.717) is 23.8 Å². The largest absolute Gasteiger partial charge is 0.393 e. The van der Waals surface area contributed by atoms with E-state index < -0.39 is 6.10 Å². The van der Waals surface area contributed by atoms with Gasteiger partial charge in [-0.05, 0) is 31.6 Å². The van der Waals surface area contributed by atoms with E-state index in [-0.39, 0.29) is 5.91 Å². The van der Waals surface area contributed by atoms with Gasteiger partial charge >= 0.3 is 0 Å². The molecule has 0 aliphatic carbocycles. The molecule has 0 spiro atoms. The Morgan fingerprint density at radius 2 is 2.40 bits per heavy atom. The first-order chi connectivity index (χ1) is 9.58. The molecule has 6 heteroatoms. The normalized spacial score (nSPS) is 12.9. The zero-order chi connectivity index (χ0) is 14.5. The highest BCUT2D eigenvalue weighted by Gasteiger charge is 2.07. The molecule has 20 heavy (non-hydrogen) atoms. The van der Waals surface area contributed by atoms with Crippen molar-refractivity contribution in [2.24, 2.45) is 0 Å². The van der Waals surface area contributed by atoms with Crippen LogP contribution in [0.25, 0.3) is 11.7 Å². The average Bonchev–Trinajstić information content (AvgIpc) is 2.71. The molecule has 0 radical (unpaired) electrons. The number of aromatic nitrogens is 2. The molecule has 0 aliphatic heterocycles. The van der Waals surface area contributed by atoms with Gasteiger partial charge in [0.1, 0.15) is 5.65 Å². The summed E-state index contributed by atoms with van der Waals surface area (Å²) in [6.45, 7) is 2.11. The highest BCUT2D eigenvalue weighted by Crippen LogP contribution is 2.18. The number of halogens is 1. The Labute approximate surface area is 121 Å². The molecular weight excluding hydrogens is 278 g/mol. The molecule has 0 aliphatic rings. The third-order valence-electron chi connectivity index (χ3n) is 2.78. The van der Waals surface area contributed by atoms with Crippen molar-refractivity contribution < 1.29 is 9.90 Å². The second-order valence-electron chi connectivity index (χ2n) is 4.48. The van der Waals surface area contributed by atoms with Crippen molar-refractivity contribution in [3.8, 4) is 0 Å². The molecule has 5 nitrogen and oxygen atoms in total. The van der Waals surface area contributed by atoms with Crippen LogP contribution in [-0.4, -0.2) is 33.0 Å². The first-order valence-corrected chi connectivity index (χ1v) is 6.72. The molecule has 0 saturated carbocycles. The van der Waals surface area contributed by atoms with Gasteiger partial charge in [0.25, 0.3) is 0 Å². The maximum Gasteiger partial charge on any atom is 0.244 e. The predicted octanol–water partition coefficient (Wildman–Crippen LogP) is 1.89. The number of pyridine rings is 1. The van der Waals surface area contributed by atoms with Crippen molar-refractivity contribution >= 4 is 29.2 Å². The van der Waals surface area contributed by atoms with Gasteiger partial charge in [0.15, 0.2) is 5.15 Å². The van der Waals surface area contributed by atoms with Gasteiger partial charge in [0, 0.05) is 18.8 Å². The fourth-order valence-corrected chi connectivity index (χ4v) is 1.99. The van der Waals surface area contributed by atoms with Crippen LogP contribution in [0.2, 0.25) is 5.15 Å². The minimum absolute atomic E-state index is 0.229. The van der Waals surface area contributed by atoms with Gasteiger partial charge in [0.05, 0.1) is 11.8 Å². The first kappa shape index (κ1) is 14.6. The zero-order valence-electron chi connectivity index (χ0n) is 11.1. The topological polar surface area (TPSA) is 66.6 Å². The molecule has 0 aromatic carbocycles. The Kier molecular flexibility index (Phi) is 4.76. The van der Waals surface area contributed by atoms with Crippen molar-refractivity contribution in [1.82, 2.24) is 14.7 Å². The van der Waals surface area contributed by atoms with Gasteiger partial charge in [-0.1, -0.05) is 17.7 Å². The summed E-state index contributed by atoms with van der Waals surface area (Å²) in [7, 11) is 0. The SMILES string of the molecule is CC(O)CCNC(=O)C=Cc1c(Cl)nc2ccccn12. The summed E-state index contributed by atoms with van der Waals surface area (Å²) in [4.78, 5) is 15.8. The number of nitrogens with zero attached hydrogens (tertiary/aromatic N) is 2. The maximum absolute atomic E-state index is 11.6. The number of fused-ring (bicyclic) bond motifs is 1. The molecule has 2 heterocycles. The molecule has 0 saturated heterocycles. The van der Waals surface area contributed by atoms with Crippen LogP contribution in [0.5, 0.6) is 0 Å². The van der Waals surface area contributed by atoms with Crippen LogP contribution in [0.15, 0.2) is 30.5 Å². The van der Waals surface area contributed by atoms with Crippen LogP contribution < -0.4 is 5.32 Å². The standard InChI is InChI=1S/C14H16ClN3O2/c1-10(19)7-8-16-13(20)6-5-11-14(15)17-12-4-2-3-9-18(11)12/h2-6,9-10,19H,7-8H2,1H3,(H,16,20). The number of carbonyl (C=O) groups is 1. The number of aliphatic hydroxyl groups is 1. The molecule has 106 valence electrons. The number of aliphatic hydroxyl groups excluding tert-OH is 1. The smallest absolute Gasteiger partial charge is 0.244 e. The number of nitrogens with one attached hydrogen (secondary N) is 1. The average molecular weight is 294 g/mol. The summed E-state index contributed by atoms with van der Waals surface area (Å²) in [5, 5.41) is 12.1. The van der Waals surface area contributed by atoms with E-state index in [0.717, 1.165) is 5.65 Å². The molecule has 1 unspecified atom stereocenters. The summed E-state index contributed by atoms with van der Waals surface area (Å²) in [6.07, 6.45) is 4.96. The van der Waals surface area contributed by atoms with Crippen molar-refractivity contribution in [2.75, 3.05) is 6.54 Å². The van der Waals surface area contributed by atoms with Crippen LogP contribution in [0.1, 0.15) is 19.0 Å². The second-order valence-corrected chi connectivity index (χ2v) is 4.84. The molecule has 0 bridgehead atoms. The Bertz CT molecular complexity index is 634. The van der Waals surface area contributed by atoms with E-state index >= 15 is 0 Å². The van der Waals surface area contributed by atoms with E-state index in [2.05, 4.69) is 10.3 Å². The van der Waals surface area contributed by atoms with Crippen LogP contribution in [0.3, 0.4) is 0 Å². The molecule has 2 aromatic heterocycles. The molecule has 2 N–H and O–H groups in total. The zero-order valence-corrected chi connectivity index (χ0v) is 11.8. The van der Waals surface area contributed by atoms with E-state index in [1.54, 1.807) is 13.0 Å². The minimum Gasteiger partial charge on any atom is -0.393 e. The quantitative estimate of drug-likeness (QED) is 0.827. The summed E-state index contributed by atoms with van der Waals surface area (Å²) in [5.74, 6) is -0.229. The summed E-state index contributed by atoms with van der Waals surface area (Å²) in [6, 6.07) is 5.58. The van der Waals surface area contributed by atoms with Gasteiger partial charge in [-0.2, -0.15) is 0 Å². The van der Waals surface area contributed by atoms with Gasteiger partial charge in [0.2, 0.25) is 5.91 Å². The Balaban J connectivity index is 2.06. The lowest BCUT2D eigenvalue weighted by molar-refractivity contribution is -0.116. The number of rotatable bonds is 5. The molecule has 1 atom stereocenters. The van der Waals surface area contributed by atoms with E-state index in [1.165, 1.54) is 6.08 Å².